The van der Waals surface area contributed by atoms with Crippen LogP contribution in [0, 0.1) is 17.6 Å². The smallest absolute Gasteiger partial charge is 0.416 e. The third-order valence-electron chi connectivity index (χ3n) is 5.92. The van der Waals surface area contributed by atoms with E-state index >= 15 is 0 Å². The van der Waals surface area contributed by atoms with Crippen molar-refractivity contribution in [3.63, 3.8) is 0 Å². The number of benzene rings is 3. The standard InChI is InChI=1S/C25H20F5NO5S/c1-14(24(32)33)9-18-13-31(37(34,35)19-4-2-3-16(11-19)25(28,29)30)22-10-15(5-8-23(22)36-18)20-12-17(26)6-7-21(20)27/h2-8,10-12,14,18H,9,13H2,1H3,(H,32,33). The topological polar surface area (TPSA) is 83.9 Å². The molecule has 2 unspecified atom stereocenters. The van der Waals surface area contributed by atoms with Crippen LogP contribution in [0.1, 0.15) is 18.9 Å². The van der Waals surface area contributed by atoms with E-state index in [4.69, 9.17) is 4.74 Å². The summed E-state index contributed by atoms with van der Waals surface area (Å²) in [5.74, 6) is -3.58. The number of ether oxygens (including phenoxy) is 1. The van der Waals surface area contributed by atoms with Crippen molar-refractivity contribution in [1.82, 2.24) is 0 Å². The Morgan fingerprint density at radius 3 is 2.51 bits per heavy atom. The second kappa shape index (κ2) is 9.66. The highest BCUT2D eigenvalue weighted by Crippen LogP contribution is 2.42. The third kappa shape index (κ3) is 5.38. The Kier molecular flexibility index (Phi) is 6.89. The molecule has 1 N–H and O–H groups in total. The molecule has 12 heteroatoms. The largest absolute Gasteiger partial charge is 0.486 e. The molecule has 6 nitrogen and oxygen atoms in total. The molecule has 0 saturated carbocycles. The molecule has 0 amide bonds. The fraction of sp³-hybridized carbons (Fsp3) is 0.240. The molecule has 1 aliphatic heterocycles. The molecule has 1 heterocycles. The maximum Gasteiger partial charge on any atom is 0.416 e. The lowest BCUT2D eigenvalue weighted by molar-refractivity contribution is -0.142. The van der Waals surface area contributed by atoms with E-state index in [9.17, 15) is 40.3 Å². The van der Waals surface area contributed by atoms with Crippen LogP contribution in [-0.2, 0) is 21.0 Å². The normalized spacial score (nSPS) is 16.6. The van der Waals surface area contributed by atoms with Crippen LogP contribution in [0.3, 0.4) is 0 Å². The quantitative estimate of drug-likeness (QED) is 0.404. The average Bonchev–Trinajstić information content (AvgIpc) is 2.84. The molecule has 2 atom stereocenters. The minimum Gasteiger partial charge on any atom is -0.486 e. The predicted octanol–water partition coefficient (Wildman–Crippen LogP) is 5.72. The van der Waals surface area contributed by atoms with E-state index in [1.165, 1.54) is 25.1 Å². The fourth-order valence-corrected chi connectivity index (χ4v) is 5.55. The van der Waals surface area contributed by atoms with Gasteiger partial charge in [-0.2, -0.15) is 13.2 Å². The summed E-state index contributed by atoms with van der Waals surface area (Å²) in [4.78, 5) is 10.7. The van der Waals surface area contributed by atoms with E-state index in [0.29, 0.717) is 6.07 Å². The van der Waals surface area contributed by atoms with Crippen molar-refractivity contribution < 1.29 is 45.0 Å². The van der Waals surface area contributed by atoms with Crippen molar-refractivity contribution in [3.8, 4) is 16.9 Å². The average molecular weight is 541 g/mol. The highest BCUT2D eigenvalue weighted by atomic mass is 32.2. The molecule has 3 aromatic rings. The Hall–Kier alpha value is -3.67. The summed E-state index contributed by atoms with van der Waals surface area (Å²) in [5.41, 5.74) is -1.35. The summed E-state index contributed by atoms with van der Waals surface area (Å²) >= 11 is 0. The van der Waals surface area contributed by atoms with Crippen LogP contribution in [0.4, 0.5) is 27.6 Å². The summed E-state index contributed by atoms with van der Waals surface area (Å²) in [7, 11) is -4.63. The second-order valence-corrected chi connectivity index (χ2v) is 10.4. The number of rotatable bonds is 6. The Labute approximate surface area is 209 Å². The molecule has 196 valence electrons. The number of hydrogen-bond donors (Lipinski definition) is 1. The van der Waals surface area contributed by atoms with Gasteiger partial charge in [0.25, 0.3) is 10.0 Å². The molecule has 0 aromatic heterocycles. The summed E-state index contributed by atoms with van der Waals surface area (Å²) in [6, 6.07) is 9.85. The van der Waals surface area contributed by atoms with Crippen molar-refractivity contribution in [1.29, 1.82) is 0 Å². The van der Waals surface area contributed by atoms with Gasteiger partial charge in [0.15, 0.2) is 0 Å². The monoisotopic (exact) mass is 541 g/mol. The number of halogens is 5. The molecule has 0 saturated heterocycles. The summed E-state index contributed by atoms with van der Waals surface area (Å²) in [5, 5.41) is 9.27. The van der Waals surface area contributed by atoms with Crippen molar-refractivity contribution in [2.24, 2.45) is 5.92 Å². The fourth-order valence-electron chi connectivity index (χ4n) is 4.00. The van der Waals surface area contributed by atoms with Crippen LogP contribution in [0.25, 0.3) is 11.1 Å². The number of fused-ring (bicyclic) bond motifs is 1. The maximum atomic E-state index is 14.4. The van der Waals surface area contributed by atoms with Crippen LogP contribution in [0.5, 0.6) is 5.75 Å². The van der Waals surface area contributed by atoms with Crippen molar-refractivity contribution in [3.05, 3.63) is 77.9 Å². The van der Waals surface area contributed by atoms with Gasteiger partial charge in [0.2, 0.25) is 0 Å². The van der Waals surface area contributed by atoms with Crippen LogP contribution in [-0.4, -0.2) is 32.1 Å². The zero-order chi connectivity index (χ0) is 27.1. The molecular formula is C25H20F5NO5S. The van der Waals surface area contributed by atoms with Crippen LogP contribution in [0.15, 0.2) is 65.6 Å². The number of carboxylic acids is 1. The molecule has 0 bridgehead atoms. The van der Waals surface area contributed by atoms with Crippen LogP contribution >= 0.6 is 0 Å². The minimum absolute atomic E-state index is 0.00930. The van der Waals surface area contributed by atoms with Crippen molar-refractivity contribution in [2.75, 3.05) is 10.8 Å². The van der Waals surface area contributed by atoms with Crippen molar-refractivity contribution in [2.45, 2.75) is 30.5 Å². The highest BCUT2D eigenvalue weighted by Gasteiger charge is 2.38. The number of aliphatic carboxylic acids is 1. The van der Waals surface area contributed by atoms with Gasteiger partial charge in [-0.15, -0.1) is 0 Å². The van der Waals surface area contributed by atoms with Gasteiger partial charge in [-0.25, -0.2) is 17.2 Å². The van der Waals surface area contributed by atoms with Gasteiger partial charge in [0, 0.05) is 5.56 Å². The molecule has 0 spiro atoms. The Morgan fingerprint density at radius 2 is 1.84 bits per heavy atom. The van der Waals surface area contributed by atoms with E-state index in [1.807, 2.05) is 0 Å². The van der Waals surface area contributed by atoms with Gasteiger partial charge in [-0.3, -0.25) is 9.10 Å². The number of carbonyl (C=O) groups is 1. The molecular weight excluding hydrogens is 521 g/mol. The predicted molar refractivity (Wildman–Crippen MR) is 124 cm³/mol. The maximum absolute atomic E-state index is 14.4. The lowest BCUT2D eigenvalue weighted by Gasteiger charge is -2.36. The summed E-state index contributed by atoms with van der Waals surface area (Å²) in [6.45, 7) is 0.987. The molecule has 4 rings (SSSR count). The van der Waals surface area contributed by atoms with Gasteiger partial charge < -0.3 is 9.84 Å². The second-order valence-electron chi connectivity index (χ2n) is 8.58. The first-order valence-electron chi connectivity index (χ1n) is 11.0. The molecule has 37 heavy (non-hydrogen) atoms. The zero-order valence-corrected chi connectivity index (χ0v) is 20.0. The van der Waals surface area contributed by atoms with E-state index in [2.05, 4.69) is 0 Å². The van der Waals surface area contributed by atoms with E-state index < -0.39 is 62.8 Å². The molecule has 0 aliphatic carbocycles. The van der Waals surface area contributed by atoms with E-state index in [1.54, 1.807) is 0 Å². The van der Waals surface area contributed by atoms with Crippen LogP contribution in [0.2, 0.25) is 0 Å². The van der Waals surface area contributed by atoms with Gasteiger partial charge in [0.1, 0.15) is 23.5 Å². The van der Waals surface area contributed by atoms with Gasteiger partial charge >= 0.3 is 12.1 Å². The van der Waals surface area contributed by atoms with Crippen molar-refractivity contribution >= 4 is 21.7 Å². The summed E-state index contributed by atoms with van der Waals surface area (Å²) < 4.78 is 102. The van der Waals surface area contributed by atoms with Gasteiger partial charge in [-0.05, 0) is 60.5 Å². The van der Waals surface area contributed by atoms with E-state index in [0.717, 1.165) is 40.7 Å². The lowest BCUT2D eigenvalue weighted by atomic mass is 10.0. The molecule has 3 aromatic carbocycles. The first-order chi connectivity index (χ1) is 17.3. The number of nitrogens with zero attached hydrogens (tertiary/aromatic N) is 1. The third-order valence-corrected chi connectivity index (χ3v) is 7.69. The zero-order valence-electron chi connectivity index (χ0n) is 19.2. The Balaban J connectivity index is 1.84. The van der Waals surface area contributed by atoms with E-state index in [-0.39, 0.29) is 29.0 Å². The molecule has 0 radical (unpaired) electrons. The number of anilines is 1. The number of carboxylic acid groups (broad SMARTS) is 1. The highest BCUT2D eigenvalue weighted by molar-refractivity contribution is 7.92. The summed E-state index contributed by atoms with van der Waals surface area (Å²) in [6.07, 6.45) is -5.84. The first kappa shape index (κ1) is 26.4. The first-order valence-corrected chi connectivity index (χ1v) is 12.4. The minimum atomic E-state index is -4.80. The van der Waals surface area contributed by atoms with Gasteiger partial charge in [0.05, 0.1) is 28.6 Å². The van der Waals surface area contributed by atoms with Crippen LogP contribution < -0.4 is 9.04 Å². The Bertz CT molecular complexity index is 1460. The molecule has 1 aliphatic rings. The SMILES string of the molecule is CC(CC1CN(S(=O)(=O)c2cccc(C(F)(F)F)c2)c2cc(-c3cc(F)ccc3F)ccc2O1)C(=O)O. The lowest BCUT2D eigenvalue weighted by Crippen LogP contribution is -2.44. The number of alkyl halides is 3. The molecule has 0 fully saturated rings. The Morgan fingerprint density at radius 1 is 1.11 bits per heavy atom. The number of hydrogen-bond acceptors (Lipinski definition) is 4. The van der Waals surface area contributed by atoms with Gasteiger partial charge in [-0.1, -0.05) is 19.1 Å². The number of sulfonamides is 1.